The summed E-state index contributed by atoms with van der Waals surface area (Å²) in [4.78, 5) is 21.6. The highest BCUT2D eigenvalue weighted by Crippen LogP contribution is 2.23. The van der Waals surface area contributed by atoms with Crippen LogP contribution in [-0.4, -0.2) is 40.0 Å². The molecule has 1 aromatic heterocycles. The van der Waals surface area contributed by atoms with Gasteiger partial charge in [-0.3, -0.25) is 4.79 Å². The Kier molecular flexibility index (Phi) is 4.67. The first-order chi connectivity index (χ1) is 8.47. The van der Waals surface area contributed by atoms with Crippen molar-refractivity contribution in [3.63, 3.8) is 0 Å². The number of carbonyl (C=O) groups is 2. The molecule has 1 rings (SSSR count). The van der Waals surface area contributed by atoms with Crippen molar-refractivity contribution in [1.82, 2.24) is 5.16 Å². The molecule has 18 heavy (non-hydrogen) atoms. The van der Waals surface area contributed by atoms with Gasteiger partial charge in [-0.1, -0.05) is 6.92 Å². The summed E-state index contributed by atoms with van der Waals surface area (Å²) in [5.74, 6) is -3.06. The zero-order valence-corrected chi connectivity index (χ0v) is 9.75. The van der Waals surface area contributed by atoms with E-state index in [9.17, 15) is 9.59 Å². The third-order valence-electron chi connectivity index (χ3n) is 2.13. The molecule has 0 aliphatic carbocycles. The molecule has 1 heterocycles. The molecule has 0 radical (unpaired) electrons. The molecule has 0 spiro atoms. The Morgan fingerprint density at radius 2 is 2.17 bits per heavy atom. The fraction of sp³-hybridized carbons (Fsp3) is 0.500. The van der Waals surface area contributed by atoms with Crippen LogP contribution in [-0.2, 0) is 11.2 Å². The first-order valence-electron chi connectivity index (χ1n) is 5.30. The Bertz CT molecular complexity index is 442. The van der Waals surface area contributed by atoms with Crippen LogP contribution in [0.1, 0.15) is 29.5 Å². The van der Waals surface area contributed by atoms with Gasteiger partial charge in [0.1, 0.15) is 6.04 Å². The summed E-state index contributed by atoms with van der Waals surface area (Å²) in [6.07, 6.45) is 0.471. The standard InChI is InChI=1S/C10H14N2O6/c1-2-3-17-8-5(4-6(11)9(13)14)7(10(15)16)18-12-8/h6H,2-4,11H2,1H3,(H,13,14)(H,15,16). The molecular formula is C10H14N2O6. The number of hydrogen-bond donors (Lipinski definition) is 3. The van der Waals surface area contributed by atoms with Gasteiger partial charge in [0, 0.05) is 6.42 Å². The minimum atomic E-state index is -1.35. The van der Waals surface area contributed by atoms with Gasteiger partial charge in [-0.15, -0.1) is 0 Å². The van der Waals surface area contributed by atoms with Gasteiger partial charge in [0.2, 0.25) is 0 Å². The zero-order chi connectivity index (χ0) is 13.7. The van der Waals surface area contributed by atoms with E-state index in [0.29, 0.717) is 13.0 Å². The van der Waals surface area contributed by atoms with E-state index in [1.54, 1.807) is 0 Å². The minimum Gasteiger partial charge on any atom is -0.480 e. The van der Waals surface area contributed by atoms with E-state index in [0.717, 1.165) is 0 Å². The lowest BCUT2D eigenvalue weighted by atomic mass is 10.1. The van der Waals surface area contributed by atoms with Crippen molar-refractivity contribution in [2.24, 2.45) is 5.73 Å². The molecule has 0 amide bonds. The molecule has 1 unspecified atom stereocenters. The molecular weight excluding hydrogens is 244 g/mol. The van der Waals surface area contributed by atoms with Crippen molar-refractivity contribution < 1.29 is 29.1 Å². The second kappa shape index (κ2) is 6.01. The Morgan fingerprint density at radius 3 is 2.67 bits per heavy atom. The average molecular weight is 258 g/mol. The zero-order valence-electron chi connectivity index (χ0n) is 9.75. The number of aromatic nitrogens is 1. The molecule has 4 N–H and O–H groups in total. The monoisotopic (exact) mass is 258 g/mol. The molecule has 0 saturated heterocycles. The molecule has 8 heteroatoms. The van der Waals surface area contributed by atoms with Gasteiger partial charge in [0.25, 0.3) is 11.6 Å². The van der Waals surface area contributed by atoms with Crippen LogP contribution in [0.15, 0.2) is 4.52 Å². The number of carboxylic acid groups (broad SMARTS) is 2. The maximum Gasteiger partial charge on any atom is 0.375 e. The summed E-state index contributed by atoms with van der Waals surface area (Å²) in [7, 11) is 0. The molecule has 0 aromatic carbocycles. The summed E-state index contributed by atoms with van der Waals surface area (Å²) in [5, 5.41) is 21.1. The van der Waals surface area contributed by atoms with Crippen LogP contribution in [0.5, 0.6) is 5.88 Å². The minimum absolute atomic E-state index is 0.0223. The fourth-order valence-corrected chi connectivity index (χ4v) is 1.26. The van der Waals surface area contributed by atoms with Gasteiger partial charge in [-0.2, -0.15) is 0 Å². The third kappa shape index (κ3) is 3.20. The van der Waals surface area contributed by atoms with E-state index in [4.69, 9.17) is 20.7 Å². The maximum absolute atomic E-state index is 10.9. The second-order valence-corrected chi connectivity index (χ2v) is 3.60. The van der Waals surface area contributed by atoms with Crippen LogP contribution >= 0.6 is 0 Å². The van der Waals surface area contributed by atoms with Gasteiger partial charge in [-0.05, 0) is 11.6 Å². The van der Waals surface area contributed by atoms with Gasteiger partial charge in [0.15, 0.2) is 0 Å². The Morgan fingerprint density at radius 1 is 1.50 bits per heavy atom. The van der Waals surface area contributed by atoms with Crippen LogP contribution < -0.4 is 10.5 Å². The van der Waals surface area contributed by atoms with Gasteiger partial charge >= 0.3 is 11.9 Å². The lowest BCUT2D eigenvalue weighted by Gasteiger charge is -2.07. The normalized spacial score (nSPS) is 12.1. The van der Waals surface area contributed by atoms with Crippen molar-refractivity contribution in [1.29, 1.82) is 0 Å². The lowest BCUT2D eigenvalue weighted by molar-refractivity contribution is -0.138. The molecule has 0 aliphatic rings. The summed E-state index contributed by atoms with van der Waals surface area (Å²) < 4.78 is 9.79. The van der Waals surface area contributed by atoms with Gasteiger partial charge in [0.05, 0.1) is 12.2 Å². The topological polar surface area (TPSA) is 136 Å². The van der Waals surface area contributed by atoms with Crippen molar-refractivity contribution in [2.75, 3.05) is 6.61 Å². The highest BCUT2D eigenvalue weighted by molar-refractivity contribution is 5.87. The molecule has 100 valence electrons. The first kappa shape index (κ1) is 14.0. The van der Waals surface area contributed by atoms with Gasteiger partial charge in [-0.25, -0.2) is 4.79 Å². The molecule has 0 bridgehead atoms. The smallest absolute Gasteiger partial charge is 0.375 e. The lowest BCUT2D eigenvalue weighted by Crippen LogP contribution is -2.32. The number of aliphatic carboxylic acids is 1. The molecule has 0 fully saturated rings. The Balaban J connectivity index is 2.98. The molecule has 8 nitrogen and oxygen atoms in total. The number of rotatable bonds is 7. The predicted molar refractivity (Wildman–Crippen MR) is 58.6 cm³/mol. The summed E-state index contributed by atoms with van der Waals surface area (Å²) in [6, 6.07) is -1.24. The number of carboxylic acids is 2. The highest BCUT2D eigenvalue weighted by Gasteiger charge is 2.26. The van der Waals surface area contributed by atoms with Crippen LogP contribution in [0, 0.1) is 0 Å². The fourth-order valence-electron chi connectivity index (χ4n) is 1.26. The molecule has 0 aliphatic heterocycles. The molecule has 0 saturated carbocycles. The summed E-state index contributed by atoms with van der Waals surface area (Å²) in [6.45, 7) is 2.18. The van der Waals surface area contributed by atoms with Crippen molar-refractivity contribution in [2.45, 2.75) is 25.8 Å². The average Bonchev–Trinajstić information content (AvgIpc) is 2.69. The summed E-state index contributed by atoms with van der Waals surface area (Å²) >= 11 is 0. The first-order valence-corrected chi connectivity index (χ1v) is 5.30. The van der Waals surface area contributed by atoms with E-state index >= 15 is 0 Å². The van der Waals surface area contributed by atoms with E-state index < -0.39 is 23.7 Å². The summed E-state index contributed by atoms with van der Waals surface area (Å²) in [5.41, 5.74) is 5.42. The maximum atomic E-state index is 10.9. The van der Waals surface area contributed by atoms with Gasteiger partial charge < -0.3 is 25.2 Å². The Labute approximate surface area is 102 Å². The number of ether oxygens (including phenoxy) is 1. The van der Waals surface area contributed by atoms with Crippen LogP contribution in [0.3, 0.4) is 0 Å². The van der Waals surface area contributed by atoms with E-state index in [1.807, 2.05) is 6.92 Å². The number of nitrogens with two attached hydrogens (primary N) is 1. The quantitative estimate of drug-likeness (QED) is 0.627. The van der Waals surface area contributed by atoms with Crippen LogP contribution in [0.25, 0.3) is 0 Å². The molecule has 1 aromatic rings. The highest BCUT2D eigenvalue weighted by atomic mass is 16.5. The predicted octanol–water partition coefficient (Wildman–Crippen LogP) is 0.116. The van der Waals surface area contributed by atoms with E-state index in [2.05, 4.69) is 9.68 Å². The van der Waals surface area contributed by atoms with E-state index in [-0.39, 0.29) is 17.9 Å². The SMILES string of the molecule is CCCOc1noc(C(=O)O)c1CC(N)C(=O)O. The largest absolute Gasteiger partial charge is 0.480 e. The van der Waals surface area contributed by atoms with Crippen molar-refractivity contribution >= 4 is 11.9 Å². The van der Waals surface area contributed by atoms with Crippen LogP contribution in [0.4, 0.5) is 0 Å². The molecule has 1 atom stereocenters. The second-order valence-electron chi connectivity index (χ2n) is 3.60. The third-order valence-corrected chi connectivity index (χ3v) is 2.13. The number of nitrogens with zero attached hydrogens (tertiary/aromatic N) is 1. The number of hydrogen-bond acceptors (Lipinski definition) is 6. The van der Waals surface area contributed by atoms with Crippen LogP contribution in [0.2, 0.25) is 0 Å². The number of aromatic carboxylic acids is 1. The van der Waals surface area contributed by atoms with Crippen molar-refractivity contribution in [3.05, 3.63) is 11.3 Å². The Hall–Kier alpha value is -2.09. The van der Waals surface area contributed by atoms with E-state index in [1.165, 1.54) is 0 Å². The van der Waals surface area contributed by atoms with Crippen molar-refractivity contribution in [3.8, 4) is 5.88 Å².